The molecule has 0 heterocycles. The number of benzene rings is 4. The molecule has 0 unspecified atom stereocenters. The molecule has 0 aliphatic heterocycles. The first-order valence-electron chi connectivity index (χ1n) is 18.1. The molecule has 0 saturated carbocycles. The average Bonchev–Trinajstić information content (AvgIpc) is 3.66. The van der Waals surface area contributed by atoms with Crippen LogP contribution < -0.4 is 28.1 Å². The summed E-state index contributed by atoms with van der Waals surface area (Å²) in [6, 6.07) is 27.8. The summed E-state index contributed by atoms with van der Waals surface area (Å²) in [7, 11) is 0. The largest absolute Gasteiger partial charge is 1.00 e. The predicted octanol–water partition coefficient (Wildman–Crippen LogP) is 6.54. The van der Waals surface area contributed by atoms with Gasteiger partial charge in [0.2, 0.25) is 0 Å². The number of rotatable bonds is 4. The van der Waals surface area contributed by atoms with Gasteiger partial charge in [-0.3, -0.25) is 0 Å². The van der Waals surface area contributed by atoms with E-state index in [1.807, 2.05) is 0 Å². The van der Waals surface area contributed by atoms with Crippen molar-refractivity contribution in [1.29, 1.82) is 0 Å². The van der Waals surface area contributed by atoms with E-state index in [0.717, 1.165) is 11.4 Å². The van der Waals surface area contributed by atoms with E-state index in [4.69, 9.17) is 11.6 Å². The van der Waals surface area contributed by atoms with Crippen molar-refractivity contribution in [1.82, 2.24) is 0 Å². The second kappa shape index (κ2) is 15.0. The molecule has 4 aromatic carbocycles. The Morgan fingerprint density at radius 3 is 1.59 bits per heavy atom. The fraction of sp³-hybridized carbons (Fsp3) is 0.383. The van der Waals surface area contributed by atoms with Crippen LogP contribution >= 0.6 is 11.6 Å². The van der Waals surface area contributed by atoms with Crippen LogP contribution in [0.3, 0.4) is 0 Å². The molecular formula is C47H55Cl3Zr. The molecule has 4 aromatic rings. The van der Waals surface area contributed by atoms with Gasteiger partial charge in [0.05, 0.1) is 0 Å². The van der Waals surface area contributed by atoms with Crippen molar-refractivity contribution in [3.63, 3.8) is 0 Å². The standard InChI is InChI=1S/C29H41.C13H9Cl.C5H5.2ClH.Zr/c1-26(2,3)22-14-18-13-19-15-23(27(4,5)6)25(29(10,11)12)17-21(19)20(18)16-24(22)28(7,8)9;14-13-8-6-12(7-9-13)10-11-4-2-1-3-5-11;1-2-4-5-3-1;;;/h14,16-17H,13H2,1-12H3;1-9H;1-5H;2*1H;/q;;;;;+2/p-2. The van der Waals surface area contributed by atoms with Crippen LogP contribution in [-0.2, 0) is 49.3 Å². The minimum atomic E-state index is -2.92. The van der Waals surface area contributed by atoms with E-state index in [1.165, 1.54) is 44.5 Å². The maximum atomic E-state index is 6.54. The van der Waals surface area contributed by atoms with Crippen LogP contribution in [0.1, 0.15) is 128 Å². The van der Waals surface area contributed by atoms with Gasteiger partial charge in [0.1, 0.15) is 0 Å². The first kappa shape index (κ1) is 41.7. The van der Waals surface area contributed by atoms with E-state index in [-0.39, 0.29) is 46.5 Å². The Morgan fingerprint density at radius 2 is 1.08 bits per heavy atom. The van der Waals surface area contributed by atoms with Crippen LogP contribution in [0.5, 0.6) is 0 Å². The summed E-state index contributed by atoms with van der Waals surface area (Å²) in [5, 5.41) is 0.785. The SMILES string of the molecule is CC(C)(C)c1cc2c(cc1C(C)(C)C)-c1cc(C(C)(C)C)c(C(C)(C)C)[c]([Zr+2](=[C](c3ccccc3)c3ccc(Cl)cc3)[CH]3C=CC=C3)c1C2.[Cl-].[Cl-]. The minimum Gasteiger partial charge on any atom is -1.00 e. The van der Waals surface area contributed by atoms with Gasteiger partial charge in [0, 0.05) is 0 Å². The first-order valence-corrected chi connectivity index (χ1v) is 22.3. The number of fused-ring (bicyclic) bond motifs is 3. The van der Waals surface area contributed by atoms with Crippen LogP contribution in [-0.4, -0.2) is 3.21 Å². The summed E-state index contributed by atoms with van der Waals surface area (Å²) in [5.41, 5.74) is 14.8. The molecule has 0 amide bonds. The van der Waals surface area contributed by atoms with E-state index < -0.39 is 21.3 Å². The van der Waals surface area contributed by atoms with Crippen LogP contribution in [0.15, 0.2) is 97.1 Å². The number of allylic oxidation sites excluding steroid dienone is 4. The summed E-state index contributed by atoms with van der Waals surface area (Å²) < 4.78 is 3.67. The van der Waals surface area contributed by atoms with Crippen LogP contribution in [0.25, 0.3) is 11.1 Å². The molecule has 0 fully saturated rings. The molecule has 0 nitrogen and oxygen atoms in total. The fourth-order valence-corrected chi connectivity index (χ4v) is 17.6. The van der Waals surface area contributed by atoms with Crippen molar-refractivity contribution in [2.45, 2.75) is 115 Å². The van der Waals surface area contributed by atoms with Crippen molar-refractivity contribution in [3.05, 3.63) is 147 Å². The molecule has 0 spiro atoms. The Hall–Kier alpha value is -2.02. The van der Waals surface area contributed by atoms with E-state index in [9.17, 15) is 0 Å². The summed E-state index contributed by atoms with van der Waals surface area (Å²) in [4.78, 5) is 0. The monoisotopic (exact) mass is 814 g/mol. The van der Waals surface area contributed by atoms with Crippen molar-refractivity contribution < 1.29 is 46.1 Å². The Labute approximate surface area is 334 Å². The van der Waals surface area contributed by atoms with Gasteiger partial charge in [-0.15, -0.1) is 0 Å². The van der Waals surface area contributed by atoms with Gasteiger partial charge in [-0.2, -0.15) is 0 Å². The Balaban J connectivity index is 0.00000292. The molecule has 0 aromatic heterocycles. The number of hydrogen-bond donors (Lipinski definition) is 0. The Bertz CT molecular complexity index is 1990. The smallest absolute Gasteiger partial charge is 1.00 e. The van der Waals surface area contributed by atoms with Crippen LogP contribution in [0.4, 0.5) is 0 Å². The average molecular weight is 818 g/mol. The predicted molar refractivity (Wildman–Crippen MR) is 212 cm³/mol. The zero-order valence-electron chi connectivity index (χ0n) is 32.7. The van der Waals surface area contributed by atoms with Crippen molar-refractivity contribution in [2.24, 2.45) is 0 Å². The van der Waals surface area contributed by atoms with Gasteiger partial charge < -0.3 is 24.8 Å². The van der Waals surface area contributed by atoms with Crippen LogP contribution in [0.2, 0.25) is 8.65 Å². The molecule has 51 heavy (non-hydrogen) atoms. The molecule has 0 atom stereocenters. The van der Waals surface area contributed by atoms with E-state index in [2.05, 4.69) is 180 Å². The molecule has 0 radical (unpaired) electrons. The van der Waals surface area contributed by atoms with Crippen molar-refractivity contribution >= 4 is 18.1 Å². The second-order valence-electron chi connectivity index (χ2n) is 18.4. The van der Waals surface area contributed by atoms with Gasteiger partial charge in [-0.05, 0) is 0 Å². The number of halogens is 3. The summed E-state index contributed by atoms with van der Waals surface area (Å²) in [6.07, 6.45) is 10.6. The minimum absolute atomic E-state index is 0. The Kier molecular flexibility index (Phi) is 12.3. The quantitative estimate of drug-likeness (QED) is 0.194. The van der Waals surface area contributed by atoms with E-state index >= 15 is 0 Å². The fourth-order valence-electron chi connectivity index (χ4n) is 8.07. The third-order valence-corrected chi connectivity index (χ3v) is 18.6. The van der Waals surface area contributed by atoms with Gasteiger partial charge in [-0.25, -0.2) is 0 Å². The molecule has 2 aliphatic carbocycles. The molecule has 4 heteroatoms. The Morgan fingerprint density at radius 1 is 0.588 bits per heavy atom. The summed E-state index contributed by atoms with van der Waals surface area (Å²) >= 11 is 3.62. The second-order valence-corrected chi connectivity index (χ2v) is 25.0. The topological polar surface area (TPSA) is 0 Å². The molecule has 6 rings (SSSR count). The van der Waals surface area contributed by atoms with Crippen LogP contribution in [0, 0.1) is 0 Å². The van der Waals surface area contributed by atoms with Gasteiger partial charge in [0.25, 0.3) is 0 Å². The molecule has 2 aliphatic rings. The molecule has 0 bridgehead atoms. The zero-order valence-corrected chi connectivity index (χ0v) is 37.4. The third kappa shape index (κ3) is 8.24. The first-order chi connectivity index (χ1) is 22.8. The molecule has 0 N–H and O–H groups in total. The summed E-state index contributed by atoms with van der Waals surface area (Å²) in [5.74, 6) is 0. The summed E-state index contributed by atoms with van der Waals surface area (Å²) in [6.45, 7) is 28.9. The normalized spacial score (nSPS) is 14.5. The molecular weight excluding hydrogens is 762 g/mol. The molecule has 0 saturated heterocycles. The van der Waals surface area contributed by atoms with Gasteiger partial charge in [-0.1, -0.05) is 0 Å². The van der Waals surface area contributed by atoms with E-state index in [0.29, 0.717) is 3.63 Å². The maximum Gasteiger partial charge on any atom is -1.00 e. The maximum absolute atomic E-state index is 6.54. The van der Waals surface area contributed by atoms with E-state index in [1.54, 1.807) is 17.6 Å². The third-order valence-electron chi connectivity index (χ3n) is 10.3. The zero-order chi connectivity index (χ0) is 35.7. The van der Waals surface area contributed by atoms with Gasteiger partial charge >= 0.3 is 312 Å². The number of hydrogen-bond acceptors (Lipinski definition) is 0. The van der Waals surface area contributed by atoms with Crippen molar-refractivity contribution in [2.75, 3.05) is 0 Å². The van der Waals surface area contributed by atoms with Crippen molar-refractivity contribution in [3.8, 4) is 11.1 Å². The molecule has 268 valence electrons. The van der Waals surface area contributed by atoms with Gasteiger partial charge in [0.15, 0.2) is 0 Å².